The smallest absolute Gasteiger partial charge is 0.263 e. The SMILES string of the molecule is NNC(=O)C1CCC(CN2C(=O)CCCc3sccc32)O1. The molecule has 2 aliphatic heterocycles. The molecule has 0 aromatic carbocycles. The molecule has 0 bridgehead atoms. The normalized spacial score (nSPS) is 25.6. The van der Waals surface area contributed by atoms with Crippen molar-refractivity contribution in [1.82, 2.24) is 5.43 Å². The van der Waals surface area contributed by atoms with Gasteiger partial charge in [0.2, 0.25) is 5.91 Å². The highest BCUT2D eigenvalue weighted by Crippen LogP contribution is 2.33. The predicted molar refractivity (Wildman–Crippen MR) is 79.8 cm³/mol. The molecular formula is C14H19N3O3S. The van der Waals surface area contributed by atoms with Crippen LogP contribution in [0.15, 0.2) is 11.4 Å². The molecule has 3 rings (SSSR count). The van der Waals surface area contributed by atoms with Crippen LogP contribution in [-0.2, 0) is 20.7 Å². The van der Waals surface area contributed by atoms with E-state index in [-0.39, 0.29) is 17.9 Å². The highest BCUT2D eigenvalue weighted by molar-refractivity contribution is 7.10. The van der Waals surface area contributed by atoms with Crippen molar-refractivity contribution in [3.8, 4) is 0 Å². The number of nitrogens with two attached hydrogens (primary N) is 1. The molecule has 1 fully saturated rings. The Labute approximate surface area is 127 Å². The number of nitrogens with zero attached hydrogens (tertiary/aromatic N) is 1. The van der Waals surface area contributed by atoms with Gasteiger partial charge in [-0.1, -0.05) is 0 Å². The first-order valence-electron chi connectivity index (χ1n) is 7.21. The number of hydrogen-bond donors (Lipinski definition) is 2. The van der Waals surface area contributed by atoms with Crippen LogP contribution in [0.1, 0.15) is 30.6 Å². The van der Waals surface area contributed by atoms with Gasteiger partial charge in [-0.25, -0.2) is 5.84 Å². The van der Waals surface area contributed by atoms with E-state index in [9.17, 15) is 9.59 Å². The van der Waals surface area contributed by atoms with Crippen LogP contribution in [-0.4, -0.2) is 30.6 Å². The minimum Gasteiger partial charge on any atom is -0.363 e. The molecule has 3 heterocycles. The van der Waals surface area contributed by atoms with Crippen LogP contribution in [0.2, 0.25) is 0 Å². The summed E-state index contributed by atoms with van der Waals surface area (Å²) >= 11 is 1.70. The first-order valence-corrected chi connectivity index (χ1v) is 8.09. The Morgan fingerprint density at radius 1 is 1.48 bits per heavy atom. The van der Waals surface area contributed by atoms with Gasteiger partial charge in [0.1, 0.15) is 6.10 Å². The average Bonchev–Trinajstić information content (AvgIpc) is 3.10. The number of aryl methyl sites for hydroxylation is 1. The van der Waals surface area contributed by atoms with Crippen molar-refractivity contribution < 1.29 is 14.3 Å². The summed E-state index contributed by atoms with van der Waals surface area (Å²) in [4.78, 5) is 26.9. The number of amides is 2. The van der Waals surface area contributed by atoms with E-state index in [1.54, 1.807) is 11.3 Å². The number of carbonyl (C=O) groups is 2. The Kier molecular flexibility index (Phi) is 4.23. The zero-order chi connectivity index (χ0) is 14.8. The van der Waals surface area contributed by atoms with Crippen molar-refractivity contribution in [2.24, 2.45) is 5.84 Å². The molecule has 21 heavy (non-hydrogen) atoms. The lowest BCUT2D eigenvalue weighted by Gasteiger charge is -2.24. The molecule has 3 N–H and O–H groups in total. The minimum absolute atomic E-state index is 0.109. The standard InChI is InChI=1S/C14H19N3O3S/c15-16-14(19)11-5-4-9(20-11)8-17-10-6-7-21-12(10)2-1-3-13(17)18/h6-7,9,11H,1-5,8,15H2,(H,16,19). The van der Waals surface area contributed by atoms with Crippen molar-refractivity contribution in [3.63, 3.8) is 0 Å². The van der Waals surface area contributed by atoms with Crippen molar-refractivity contribution >= 4 is 28.8 Å². The molecule has 114 valence electrons. The van der Waals surface area contributed by atoms with Gasteiger partial charge < -0.3 is 9.64 Å². The third kappa shape index (κ3) is 2.95. The Bertz CT molecular complexity index is 545. The van der Waals surface area contributed by atoms with E-state index in [0.717, 1.165) is 24.9 Å². The summed E-state index contributed by atoms with van der Waals surface area (Å²) in [7, 11) is 0. The van der Waals surface area contributed by atoms with E-state index in [4.69, 9.17) is 10.6 Å². The Morgan fingerprint density at radius 2 is 2.33 bits per heavy atom. The first-order chi connectivity index (χ1) is 10.2. The third-order valence-corrected chi connectivity index (χ3v) is 5.01. The van der Waals surface area contributed by atoms with Crippen molar-refractivity contribution in [1.29, 1.82) is 0 Å². The summed E-state index contributed by atoms with van der Waals surface area (Å²) in [5.74, 6) is 4.98. The number of rotatable bonds is 3. The van der Waals surface area contributed by atoms with Crippen LogP contribution >= 0.6 is 11.3 Å². The van der Waals surface area contributed by atoms with E-state index in [1.807, 2.05) is 16.3 Å². The van der Waals surface area contributed by atoms with Gasteiger partial charge in [0.25, 0.3) is 5.91 Å². The summed E-state index contributed by atoms with van der Waals surface area (Å²) in [5, 5.41) is 2.02. The number of thiophene rings is 1. The van der Waals surface area contributed by atoms with Crippen LogP contribution in [0, 0.1) is 0 Å². The van der Waals surface area contributed by atoms with Gasteiger partial charge in [0.15, 0.2) is 0 Å². The first kappa shape index (κ1) is 14.5. The fraction of sp³-hybridized carbons (Fsp3) is 0.571. The van der Waals surface area contributed by atoms with E-state index in [2.05, 4.69) is 5.43 Å². The highest BCUT2D eigenvalue weighted by atomic mass is 32.1. The van der Waals surface area contributed by atoms with Crippen molar-refractivity contribution in [3.05, 3.63) is 16.3 Å². The van der Waals surface area contributed by atoms with Crippen LogP contribution in [0.3, 0.4) is 0 Å². The van der Waals surface area contributed by atoms with E-state index in [1.165, 1.54) is 4.88 Å². The number of anilines is 1. The molecule has 0 aliphatic carbocycles. The topological polar surface area (TPSA) is 84.7 Å². The maximum atomic E-state index is 12.3. The molecule has 1 aromatic rings. The largest absolute Gasteiger partial charge is 0.363 e. The van der Waals surface area contributed by atoms with Gasteiger partial charge in [0.05, 0.1) is 18.3 Å². The third-order valence-electron chi connectivity index (χ3n) is 4.04. The summed E-state index contributed by atoms with van der Waals surface area (Å²) in [6, 6.07) is 2.00. The van der Waals surface area contributed by atoms with Gasteiger partial charge >= 0.3 is 0 Å². The molecule has 6 nitrogen and oxygen atoms in total. The highest BCUT2D eigenvalue weighted by Gasteiger charge is 2.33. The maximum Gasteiger partial charge on any atom is 0.263 e. The number of hydrogen-bond acceptors (Lipinski definition) is 5. The Hall–Kier alpha value is -1.44. The molecule has 7 heteroatoms. The number of carbonyl (C=O) groups excluding carboxylic acids is 2. The second-order valence-corrected chi connectivity index (χ2v) is 6.42. The van der Waals surface area contributed by atoms with E-state index < -0.39 is 6.10 Å². The van der Waals surface area contributed by atoms with Crippen LogP contribution < -0.4 is 16.2 Å². The molecule has 2 amide bonds. The van der Waals surface area contributed by atoms with E-state index >= 15 is 0 Å². The number of nitrogens with one attached hydrogen (secondary N) is 1. The van der Waals surface area contributed by atoms with Gasteiger partial charge in [-0.2, -0.15) is 0 Å². The molecule has 0 spiro atoms. The average molecular weight is 309 g/mol. The fourth-order valence-corrected chi connectivity index (χ4v) is 3.88. The summed E-state index contributed by atoms with van der Waals surface area (Å²) in [6.07, 6.45) is 3.23. The van der Waals surface area contributed by atoms with Gasteiger partial charge in [-0.05, 0) is 37.1 Å². The maximum absolute atomic E-state index is 12.3. The molecule has 2 unspecified atom stereocenters. The van der Waals surface area contributed by atoms with Crippen LogP contribution in [0.4, 0.5) is 5.69 Å². The number of ether oxygens (including phenoxy) is 1. The molecule has 0 radical (unpaired) electrons. The predicted octanol–water partition coefficient (Wildman–Crippen LogP) is 0.955. The van der Waals surface area contributed by atoms with Crippen molar-refractivity contribution in [2.45, 2.75) is 44.3 Å². The zero-order valence-corrected chi connectivity index (χ0v) is 12.5. The Morgan fingerprint density at radius 3 is 3.14 bits per heavy atom. The van der Waals surface area contributed by atoms with Crippen LogP contribution in [0.25, 0.3) is 0 Å². The quantitative estimate of drug-likeness (QED) is 0.495. The zero-order valence-electron chi connectivity index (χ0n) is 11.7. The van der Waals surface area contributed by atoms with Gasteiger partial charge in [0, 0.05) is 11.3 Å². The molecule has 2 atom stereocenters. The lowest BCUT2D eigenvalue weighted by Crippen LogP contribution is -2.41. The molecule has 0 saturated carbocycles. The summed E-state index contributed by atoms with van der Waals surface area (Å²) in [6.45, 7) is 0.511. The van der Waals surface area contributed by atoms with Crippen molar-refractivity contribution in [2.75, 3.05) is 11.4 Å². The molecule has 1 aromatic heterocycles. The second kappa shape index (κ2) is 6.13. The lowest BCUT2D eigenvalue weighted by atomic mass is 10.1. The van der Waals surface area contributed by atoms with E-state index in [0.29, 0.717) is 19.4 Å². The number of fused-ring (bicyclic) bond motifs is 1. The molecule has 1 saturated heterocycles. The molecular weight excluding hydrogens is 290 g/mol. The number of hydrazine groups is 1. The lowest BCUT2D eigenvalue weighted by molar-refractivity contribution is -0.131. The summed E-state index contributed by atoms with van der Waals surface area (Å²) in [5.41, 5.74) is 3.13. The minimum atomic E-state index is -0.496. The van der Waals surface area contributed by atoms with Crippen LogP contribution in [0.5, 0.6) is 0 Å². The summed E-state index contributed by atoms with van der Waals surface area (Å²) < 4.78 is 5.72. The monoisotopic (exact) mass is 309 g/mol. The second-order valence-electron chi connectivity index (χ2n) is 5.42. The Balaban J connectivity index is 1.70. The fourth-order valence-electron chi connectivity index (χ4n) is 2.96. The van der Waals surface area contributed by atoms with Gasteiger partial charge in [-0.3, -0.25) is 15.0 Å². The van der Waals surface area contributed by atoms with Gasteiger partial charge in [-0.15, -0.1) is 11.3 Å². The molecule has 2 aliphatic rings.